The fraction of sp³-hybridized carbons (Fsp3) is 0.333. The smallest absolute Gasteiger partial charge is 0.269 e. The number of nitro benzene ring substituents is 1. The van der Waals surface area contributed by atoms with Crippen LogP contribution in [0.3, 0.4) is 0 Å². The quantitative estimate of drug-likeness (QED) is 0.511. The van der Waals surface area contributed by atoms with Gasteiger partial charge >= 0.3 is 0 Å². The van der Waals surface area contributed by atoms with Crippen LogP contribution in [0.5, 0.6) is 0 Å². The van der Waals surface area contributed by atoms with Crippen molar-refractivity contribution in [3.8, 4) is 0 Å². The van der Waals surface area contributed by atoms with Gasteiger partial charge in [-0.1, -0.05) is 22.9 Å². The number of nitrogens with zero attached hydrogens (tertiary/aromatic N) is 3. The van der Waals surface area contributed by atoms with Crippen LogP contribution in [0.25, 0.3) is 0 Å². The van der Waals surface area contributed by atoms with Crippen molar-refractivity contribution in [1.82, 2.24) is 4.31 Å². The van der Waals surface area contributed by atoms with E-state index in [1.54, 1.807) is 24.3 Å². The molecule has 0 N–H and O–H groups in total. The van der Waals surface area contributed by atoms with Gasteiger partial charge in [0.15, 0.2) is 0 Å². The van der Waals surface area contributed by atoms with E-state index >= 15 is 0 Å². The van der Waals surface area contributed by atoms with E-state index in [0.29, 0.717) is 37.5 Å². The number of hydrogen-bond acceptors (Lipinski definition) is 5. The molecule has 3 rings (SSSR count). The topological polar surface area (TPSA) is 83.8 Å². The highest BCUT2D eigenvalue weighted by atomic mass is 79.9. The molecule has 0 bridgehead atoms. The lowest BCUT2D eigenvalue weighted by Gasteiger charge is -2.35. The van der Waals surface area contributed by atoms with Gasteiger partial charge in [0.25, 0.3) is 5.69 Å². The van der Waals surface area contributed by atoms with Crippen molar-refractivity contribution in [3.05, 3.63) is 62.6 Å². The van der Waals surface area contributed by atoms with Crippen LogP contribution in [0, 0.1) is 10.1 Å². The average molecular weight is 454 g/mol. The van der Waals surface area contributed by atoms with Crippen LogP contribution < -0.4 is 4.90 Å². The lowest BCUT2D eigenvalue weighted by Crippen LogP contribution is -2.48. The zero-order chi connectivity index (χ0) is 19.6. The molecule has 1 aliphatic rings. The fourth-order valence-corrected chi connectivity index (χ4v) is 5.29. The van der Waals surface area contributed by atoms with Crippen molar-refractivity contribution in [1.29, 1.82) is 0 Å². The Morgan fingerprint density at radius 2 is 1.70 bits per heavy atom. The average Bonchev–Trinajstić information content (AvgIpc) is 2.67. The first-order valence-corrected chi connectivity index (χ1v) is 10.8. The number of benzene rings is 2. The maximum absolute atomic E-state index is 13.1. The van der Waals surface area contributed by atoms with E-state index in [-0.39, 0.29) is 5.69 Å². The molecule has 0 aromatic heterocycles. The minimum atomic E-state index is -3.55. The monoisotopic (exact) mass is 453 g/mol. The van der Waals surface area contributed by atoms with Gasteiger partial charge in [-0.3, -0.25) is 10.1 Å². The van der Waals surface area contributed by atoms with Gasteiger partial charge in [0.1, 0.15) is 0 Å². The number of halogens is 1. The number of aryl methyl sites for hydroxylation is 1. The van der Waals surface area contributed by atoms with E-state index in [2.05, 4.69) is 15.9 Å². The SMILES string of the molecule is CCc1cc(Br)ccc1S(=O)(=O)N1CCN(c2ccc([N+](=O)[O-])cc2)CC1. The molecule has 0 radical (unpaired) electrons. The second-order valence-electron chi connectivity index (χ2n) is 6.27. The highest BCUT2D eigenvalue weighted by Crippen LogP contribution is 2.27. The van der Waals surface area contributed by atoms with Crippen LogP contribution >= 0.6 is 15.9 Å². The van der Waals surface area contributed by atoms with Gasteiger partial charge in [-0.25, -0.2) is 8.42 Å². The third-order valence-electron chi connectivity index (χ3n) is 4.69. The number of non-ortho nitro benzene ring substituents is 1. The van der Waals surface area contributed by atoms with Crippen LogP contribution in [0.2, 0.25) is 0 Å². The van der Waals surface area contributed by atoms with Crippen LogP contribution in [0.15, 0.2) is 51.8 Å². The summed E-state index contributed by atoms with van der Waals surface area (Å²) in [6, 6.07) is 11.6. The van der Waals surface area contributed by atoms with Crippen LogP contribution in [0.1, 0.15) is 12.5 Å². The highest BCUT2D eigenvalue weighted by Gasteiger charge is 2.30. The Labute approximate surface area is 166 Å². The predicted molar refractivity (Wildman–Crippen MR) is 108 cm³/mol. The van der Waals surface area contributed by atoms with Crippen LogP contribution in [0.4, 0.5) is 11.4 Å². The summed E-state index contributed by atoms with van der Waals surface area (Å²) >= 11 is 3.39. The largest absolute Gasteiger partial charge is 0.369 e. The number of sulfonamides is 1. The first kappa shape index (κ1) is 19.8. The van der Waals surface area contributed by atoms with E-state index in [1.807, 2.05) is 17.9 Å². The summed E-state index contributed by atoms with van der Waals surface area (Å²) in [6.07, 6.45) is 0.636. The van der Waals surface area contributed by atoms with Crippen molar-refractivity contribution in [2.24, 2.45) is 0 Å². The molecule has 2 aromatic carbocycles. The lowest BCUT2D eigenvalue weighted by atomic mass is 10.2. The van der Waals surface area contributed by atoms with Crippen LogP contribution in [-0.4, -0.2) is 43.8 Å². The summed E-state index contributed by atoms with van der Waals surface area (Å²) in [5.74, 6) is 0. The number of nitro groups is 1. The number of rotatable bonds is 5. The standard InChI is InChI=1S/C18H20BrN3O4S/c1-2-14-13-15(19)3-8-18(14)27(25,26)21-11-9-20(10-12-21)16-4-6-17(7-5-16)22(23)24/h3-8,13H,2,9-12H2,1H3. The van der Waals surface area contributed by atoms with Gasteiger partial charge in [-0.15, -0.1) is 0 Å². The molecule has 0 unspecified atom stereocenters. The highest BCUT2D eigenvalue weighted by molar-refractivity contribution is 9.10. The van der Waals surface area contributed by atoms with Gasteiger partial charge in [0.05, 0.1) is 9.82 Å². The number of hydrogen-bond donors (Lipinski definition) is 0. The number of piperazine rings is 1. The Morgan fingerprint density at radius 1 is 1.07 bits per heavy atom. The zero-order valence-corrected chi connectivity index (χ0v) is 17.2. The minimum absolute atomic E-state index is 0.0438. The normalized spacial score (nSPS) is 15.7. The summed E-state index contributed by atoms with van der Waals surface area (Å²) in [5, 5.41) is 10.8. The molecular weight excluding hydrogens is 434 g/mol. The van der Waals surface area contributed by atoms with Crippen molar-refractivity contribution in [3.63, 3.8) is 0 Å². The summed E-state index contributed by atoms with van der Waals surface area (Å²) in [7, 11) is -3.55. The molecule has 0 spiro atoms. The van der Waals surface area contributed by atoms with E-state index < -0.39 is 14.9 Å². The molecule has 1 saturated heterocycles. The fourth-order valence-electron chi connectivity index (χ4n) is 3.19. The summed E-state index contributed by atoms with van der Waals surface area (Å²) < 4.78 is 28.5. The molecule has 27 heavy (non-hydrogen) atoms. The van der Waals surface area contributed by atoms with Crippen molar-refractivity contribution in [2.45, 2.75) is 18.2 Å². The van der Waals surface area contributed by atoms with E-state index in [0.717, 1.165) is 15.7 Å². The molecule has 9 heteroatoms. The van der Waals surface area contributed by atoms with Crippen molar-refractivity contribution >= 4 is 37.3 Å². The molecule has 1 heterocycles. The van der Waals surface area contributed by atoms with Gasteiger partial charge in [-0.05, 0) is 42.3 Å². The first-order valence-electron chi connectivity index (χ1n) is 8.61. The second-order valence-corrected chi connectivity index (χ2v) is 9.09. The first-order chi connectivity index (χ1) is 12.8. The molecule has 0 aliphatic carbocycles. The summed E-state index contributed by atoms with van der Waals surface area (Å²) in [5.41, 5.74) is 1.69. The molecule has 2 aromatic rings. The maximum Gasteiger partial charge on any atom is 0.269 e. The third kappa shape index (κ3) is 4.15. The third-order valence-corrected chi connectivity index (χ3v) is 7.18. The van der Waals surface area contributed by atoms with Gasteiger partial charge in [-0.2, -0.15) is 4.31 Å². The Bertz CT molecular complexity index is 940. The molecular formula is C18H20BrN3O4S. The molecule has 0 saturated carbocycles. The molecule has 7 nitrogen and oxygen atoms in total. The van der Waals surface area contributed by atoms with E-state index in [9.17, 15) is 18.5 Å². The van der Waals surface area contributed by atoms with Gasteiger partial charge in [0.2, 0.25) is 10.0 Å². The lowest BCUT2D eigenvalue weighted by molar-refractivity contribution is -0.384. The van der Waals surface area contributed by atoms with Crippen LogP contribution in [-0.2, 0) is 16.4 Å². The maximum atomic E-state index is 13.1. The van der Waals surface area contributed by atoms with Gasteiger partial charge < -0.3 is 4.90 Å². The van der Waals surface area contributed by atoms with Crippen molar-refractivity contribution in [2.75, 3.05) is 31.1 Å². The second kappa shape index (κ2) is 7.95. The number of anilines is 1. The molecule has 1 fully saturated rings. The Hall–Kier alpha value is -1.97. The summed E-state index contributed by atoms with van der Waals surface area (Å²) in [4.78, 5) is 12.7. The molecule has 0 amide bonds. The van der Waals surface area contributed by atoms with Crippen molar-refractivity contribution < 1.29 is 13.3 Å². The molecule has 0 atom stereocenters. The van der Waals surface area contributed by atoms with E-state index in [1.165, 1.54) is 16.4 Å². The Kier molecular flexibility index (Phi) is 5.83. The predicted octanol–water partition coefficient (Wildman–Crippen LogP) is 3.43. The zero-order valence-electron chi connectivity index (χ0n) is 14.8. The molecule has 1 aliphatic heterocycles. The minimum Gasteiger partial charge on any atom is -0.369 e. The summed E-state index contributed by atoms with van der Waals surface area (Å²) in [6.45, 7) is 3.76. The Morgan fingerprint density at radius 3 is 2.26 bits per heavy atom. The molecule has 144 valence electrons. The van der Waals surface area contributed by atoms with E-state index in [4.69, 9.17) is 0 Å². The van der Waals surface area contributed by atoms with Gasteiger partial charge in [0, 0.05) is 48.5 Å². The Balaban J connectivity index is 1.74.